The minimum atomic E-state index is 0.0684. The molecule has 1 aliphatic heterocycles. The van der Waals surface area contributed by atoms with Crippen LogP contribution in [-0.2, 0) is 20.0 Å². The van der Waals surface area contributed by atoms with Gasteiger partial charge in [-0.1, -0.05) is 5.10 Å². The maximum absolute atomic E-state index is 11.8. The smallest absolute Gasteiger partial charge is 0.318 e. The number of aryl methyl sites for hydroxylation is 1. The molecule has 1 fully saturated rings. The Morgan fingerprint density at radius 2 is 2.21 bits per heavy atom. The average molecular weight is 261 g/mol. The van der Waals surface area contributed by atoms with Gasteiger partial charge in [0.2, 0.25) is 5.89 Å². The zero-order chi connectivity index (χ0) is 13.0. The third-order valence-corrected chi connectivity index (χ3v) is 3.84. The van der Waals surface area contributed by atoms with E-state index in [-0.39, 0.29) is 5.56 Å². The number of hydrogen-bond acceptors (Lipinski definition) is 5. The summed E-state index contributed by atoms with van der Waals surface area (Å²) >= 11 is 0. The van der Waals surface area contributed by atoms with Crippen LogP contribution in [0.2, 0.25) is 0 Å². The fraction of sp³-hybridized carbons (Fsp3) is 0.583. The van der Waals surface area contributed by atoms with Crippen molar-refractivity contribution in [3.63, 3.8) is 0 Å². The Bertz CT molecular complexity index is 679. The largest absolute Gasteiger partial charge is 0.408 e. The molecule has 0 bridgehead atoms. The second-order valence-corrected chi connectivity index (χ2v) is 5.30. The van der Waals surface area contributed by atoms with E-state index in [0.29, 0.717) is 24.9 Å². The summed E-state index contributed by atoms with van der Waals surface area (Å²) < 4.78 is 7.23. The van der Waals surface area contributed by atoms with Crippen LogP contribution in [0.3, 0.4) is 0 Å². The molecular formula is C12H15N5O2. The first kappa shape index (κ1) is 10.8. The zero-order valence-electron chi connectivity index (χ0n) is 10.7. The molecule has 0 radical (unpaired) electrons. The molecule has 2 aliphatic rings. The Hall–Kier alpha value is -2.05. The molecule has 100 valence electrons. The van der Waals surface area contributed by atoms with Crippen molar-refractivity contribution < 1.29 is 4.42 Å². The van der Waals surface area contributed by atoms with Crippen LogP contribution in [0.25, 0.3) is 0 Å². The van der Waals surface area contributed by atoms with E-state index < -0.39 is 0 Å². The van der Waals surface area contributed by atoms with Crippen molar-refractivity contribution in [2.45, 2.75) is 31.7 Å². The van der Waals surface area contributed by atoms with E-state index in [1.165, 1.54) is 4.68 Å². The van der Waals surface area contributed by atoms with Crippen LogP contribution >= 0.6 is 0 Å². The number of aromatic nitrogens is 4. The molecule has 0 atom stereocenters. The molecule has 1 N–H and O–H groups in total. The quantitative estimate of drug-likeness (QED) is 0.853. The molecule has 0 spiro atoms. The molecule has 0 aromatic carbocycles. The summed E-state index contributed by atoms with van der Waals surface area (Å²) in [5.41, 5.74) is 1.89. The van der Waals surface area contributed by atoms with Gasteiger partial charge in [-0.25, -0.2) is 0 Å². The molecule has 7 nitrogen and oxygen atoms in total. The Balaban J connectivity index is 1.61. The van der Waals surface area contributed by atoms with Crippen LogP contribution in [0.1, 0.15) is 35.9 Å². The van der Waals surface area contributed by atoms with Crippen molar-refractivity contribution in [2.24, 2.45) is 7.05 Å². The van der Waals surface area contributed by atoms with Crippen molar-refractivity contribution >= 4 is 6.01 Å². The van der Waals surface area contributed by atoms with E-state index in [0.717, 1.165) is 36.5 Å². The third kappa shape index (κ3) is 1.68. The van der Waals surface area contributed by atoms with E-state index in [4.69, 9.17) is 4.42 Å². The summed E-state index contributed by atoms with van der Waals surface area (Å²) in [6.07, 6.45) is 3.02. The summed E-state index contributed by atoms with van der Waals surface area (Å²) in [6.45, 7) is 1.37. The maximum Gasteiger partial charge on any atom is 0.318 e. The molecular weight excluding hydrogens is 246 g/mol. The highest BCUT2D eigenvalue weighted by Crippen LogP contribution is 2.40. The topological polar surface area (TPSA) is 80.0 Å². The highest BCUT2D eigenvalue weighted by Gasteiger charge is 2.31. The first-order valence-corrected chi connectivity index (χ1v) is 6.57. The number of nitrogens with zero attached hydrogens (tertiary/aromatic N) is 4. The zero-order valence-corrected chi connectivity index (χ0v) is 10.7. The normalized spacial score (nSPS) is 18.7. The van der Waals surface area contributed by atoms with Crippen LogP contribution in [0, 0.1) is 0 Å². The van der Waals surface area contributed by atoms with Gasteiger partial charge in [-0.15, -0.1) is 5.10 Å². The summed E-state index contributed by atoms with van der Waals surface area (Å²) in [5.74, 6) is 1.22. The van der Waals surface area contributed by atoms with Crippen molar-refractivity contribution in [1.82, 2.24) is 20.0 Å². The fourth-order valence-electron chi connectivity index (χ4n) is 2.57. The predicted octanol–water partition coefficient (Wildman–Crippen LogP) is 0.536. The number of aromatic amines is 1. The lowest BCUT2D eigenvalue weighted by atomic mass is 10.1. The van der Waals surface area contributed by atoms with Crippen LogP contribution in [-0.4, -0.2) is 26.5 Å². The lowest BCUT2D eigenvalue weighted by molar-refractivity contribution is 0.478. The van der Waals surface area contributed by atoms with Gasteiger partial charge in [0, 0.05) is 25.1 Å². The van der Waals surface area contributed by atoms with Gasteiger partial charge in [-0.2, -0.15) is 0 Å². The second-order valence-electron chi connectivity index (χ2n) is 5.30. The van der Waals surface area contributed by atoms with Crippen molar-refractivity contribution in [1.29, 1.82) is 0 Å². The van der Waals surface area contributed by atoms with Crippen LogP contribution in [0.4, 0.5) is 6.01 Å². The van der Waals surface area contributed by atoms with E-state index in [2.05, 4.69) is 15.3 Å². The fourth-order valence-corrected chi connectivity index (χ4v) is 2.57. The van der Waals surface area contributed by atoms with Gasteiger partial charge in [-0.05, 0) is 19.3 Å². The summed E-state index contributed by atoms with van der Waals surface area (Å²) in [4.78, 5) is 13.8. The van der Waals surface area contributed by atoms with E-state index in [1.807, 2.05) is 4.90 Å². The molecule has 3 heterocycles. The highest BCUT2D eigenvalue weighted by atomic mass is 16.4. The molecule has 0 unspecified atom stereocenters. The monoisotopic (exact) mass is 261 g/mol. The molecule has 0 saturated heterocycles. The highest BCUT2D eigenvalue weighted by molar-refractivity contribution is 5.33. The maximum atomic E-state index is 11.8. The first-order chi connectivity index (χ1) is 9.22. The van der Waals surface area contributed by atoms with Crippen LogP contribution < -0.4 is 10.5 Å². The van der Waals surface area contributed by atoms with Gasteiger partial charge < -0.3 is 9.32 Å². The van der Waals surface area contributed by atoms with Crippen molar-refractivity contribution in [3.8, 4) is 0 Å². The van der Waals surface area contributed by atoms with Crippen LogP contribution in [0.15, 0.2) is 9.21 Å². The summed E-state index contributed by atoms with van der Waals surface area (Å²) in [6, 6.07) is 0.567. The molecule has 2 aromatic rings. The van der Waals surface area contributed by atoms with Gasteiger partial charge in [0.05, 0.1) is 12.2 Å². The van der Waals surface area contributed by atoms with Gasteiger partial charge >= 0.3 is 6.01 Å². The van der Waals surface area contributed by atoms with Gasteiger partial charge in [-0.3, -0.25) is 14.6 Å². The molecule has 1 saturated carbocycles. The number of nitrogens with one attached hydrogen (secondary N) is 1. The lowest BCUT2D eigenvalue weighted by Crippen LogP contribution is -2.32. The van der Waals surface area contributed by atoms with Crippen molar-refractivity contribution in [2.75, 3.05) is 11.4 Å². The summed E-state index contributed by atoms with van der Waals surface area (Å²) in [7, 11) is 1.74. The Kier molecular flexibility index (Phi) is 2.12. The average Bonchev–Trinajstić information content (AvgIpc) is 3.08. The Labute approximate surface area is 109 Å². The van der Waals surface area contributed by atoms with Gasteiger partial charge in [0.25, 0.3) is 5.56 Å². The number of anilines is 1. The predicted molar refractivity (Wildman–Crippen MR) is 67.1 cm³/mol. The van der Waals surface area contributed by atoms with Gasteiger partial charge in [0.15, 0.2) is 0 Å². The summed E-state index contributed by atoms with van der Waals surface area (Å²) in [5, 5.41) is 11.3. The van der Waals surface area contributed by atoms with Crippen molar-refractivity contribution in [3.05, 3.63) is 27.5 Å². The Morgan fingerprint density at radius 1 is 1.37 bits per heavy atom. The van der Waals surface area contributed by atoms with E-state index in [9.17, 15) is 4.79 Å². The first-order valence-electron chi connectivity index (χ1n) is 6.57. The molecule has 19 heavy (non-hydrogen) atoms. The standard InChI is InChI=1S/C12H15N5O2/c1-16-11(18)8-4-5-17(6-9(8)15-16)12-14-13-10(19-12)7-2-3-7/h7,15H,2-6H2,1H3. The molecule has 1 aliphatic carbocycles. The Morgan fingerprint density at radius 3 is 3.00 bits per heavy atom. The molecule has 4 rings (SSSR count). The molecule has 7 heteroatoms. The number of H-pyrrole nitrogens is 1. The molecule has 2 aromatic heterocycles. The lowest BCUT2D eigenvalue weighted by Gasteiger charge is -2.23. The van der Waals surface area contributed by atoms with E-state index >= 15 is 0 Å². The second kappa shape index (κ2) is 3.72. The number of fused-ring (bicyclic) bond motifs is 1. The minimum absolute atomic E-state index is 0.0684. The number of rotatable bonds is 2. The van der Waals surface area contributed by atoms with E-state index in [1.54, 1.807) is 7.05 Å². The van der Waals surface area contributed by atoms with Gasteiger partial charge in [0.1, 0.15) is 0 Å². The minimum Gasteiger partial charge on any atom is -0.408 e. The van der Waals surface area contributed by atoms with Crippen LogP contribution in [0.5, 0.6) is 0 Å². The molecule has 0 amide bonds. The third-order valence-electron chi connectivity index (χ3n) is 3.84. The SMILES string of the molecule is Cn1[nH]c2c(c1=O)CCN(c1nnc(C3CC3)o1)C2. The number of hydrogen-bond donors (Lipinski definition) is 1.